The fourth-order valence-electron chi connectivity index (χ4n) is 4.16. The van der Waals surface area contributed by atoms with Crippen LogP contribution in [0.5, 0.6) is 0 Å². The number of hydrogen-bond donors (Lipinski definition) is 1. The maximum absolute atomic E-state index is 13.4. The van der Waals surface area contributed by atoms with Crippen molar-refractivity contribution < 1.29 is 18.8 Å². The van der Waals surface area contributed by atoms with Gasteiger partial charge in [-0.2, -0.15) is 0 Å². The lowest BCUT2D eigenvalue weighted by molar-refractivity contribution is -0.124. The second-order valence-corrected chi connectivity index (χ2v) is 7.42. The standard InChI is InChI=1S/C22H22FN3O3/c23-15-7-6-8-16(13-15)24-20(27)14-19-21(28)26(18-9-2-1-3-10-18)22(29)25(19)17-11-4-5-12-17/h1-3,6-10,13,17,19H,4-5,11-12,14H2,(H,24,27)/t19-/m0/s1. The van der Waals surface area contributed by atoms with Crippen molar-refractivity contribution in [2.75, 3.05) is 10.2 Å². The molecule has 1 saturated carbocycles. The number of benzene rings is 2. The minimum atomic E-state index is -0.862. The highest BCUT2D eigenvalue weighted by atomic mass is 19.1. The summed E-state index contributed by atoms with van der Waals surface area (Å²) < 4.78 is 13.4. The Kier molecular flexibility index (Phi) is 5.29. The van der Waals surface area contributed by atoms with Gasteiger partial charge in [-0.3, -0.25) is 9.59 Å². The monoisotopic (exact) mass is 395 g/mol. The van der Waals surface area contributed by atoms with Crippen molar-refractivity contribution in [2.45, 2.75) is 44.2 Å². The highest BCUT2D eigenvalue weighted by molar-refractivity contribution is 6.22. The predicted octanol–water partition coefficient (Wildman–Crippen LogP) is 3.93. The van der Waals surface area contributed by atoms with Gasteiger partial charge < -0.3 is 10.2 Å². The van der Waals surface area contributed by atoms with Crippen LogP contribution in [-0.2, 0) is 9.59 Å². The van der Waals surface area contributed by atoms with Gasteiger partial charge in [-0.05, 0) is 43.2 Å². The number of anilines is 2. The minimum absolute atomic E-state index is 0.0490. The molecule has 1 aliphatic heterocycles. The lowest BCUT2D eigenvalue weighted by Gasteiger charge is -2.27. The number of hydrogen-bond acceptors (Lipinski definition) is 3. The van der Waals surface area contributed by atoms with Gasteiger partial charge in [-0.15, -0.1) is 0 Å². The van der Waals surface area contributed by atoms with Gasteiger partial charge in [0, 0.05) is 11.7 Å². The highest BCUT2D eigenvalue weighted by Gasteiger charge is 2.49. The first-order valence-electron chi connectivity index (χ1n) is 9.81. The molecule has 1 saturated heterocycles. The van der Waals surface area contributed by atoms with E-state index in [2.05, 4.69) is 5.32 Å². The van der Waals surface area contributed by atoms with Crippen LogP contribution in [0.25, 0.3) is 0 Å². The van der Waals surface area contributed by atoms with Crippen LogP contribution in [0.2, 0.25) is 0 Å². The molecule has 1 N–H and O–H groups in total. The van der Waals surface area contributed by atoms with Crippen LogP contribution in [0.4, 0.5) is 20.6 Å². The molecule has 1 aliphatic carbocycles. The molecule has 29 heavy (non-hydrogen) atoms. The van der Waals surface area contributed by atoms with E-state index in [1.165, 1.54) is 23.1 Å². The normalized spacial score (nSPS) is 19.8. The van der Waals surface area contributed by atoms with Gasteiger partial charge in [-0.25, -0.2) is 14.1 Å². The first-order chi connectivity index (χ1) is 14.0. The molecule has 0 bridgehead atoms. The molecule has 2 aliphatic rings. The quantitative estimate of drug-likeness (QED) is 0.780. The Bertz CT molecular complexity index is 928. The Morgan fingerprint density at radius 1 is 1.03 bits per heavy atom. The Labute approximate surface area is 168 Å². The van der Waals surface area contributed by atoms with Gasteiger partial charge in [0.15, 0.2) is 0 Å². The Hall–Kier alpha value is -3.22. The van der Waals surface area contributed by atoms with E-state index in [4.69, 9.17) is 0 Å². The predicted molar refractivity (Wildman–Crippen MR) is 107 cm³/mol. The zero-order valence-corrected chi connectivity index (χ0v) is 15.9. The lowest BCUT2D eigenvalue weighted by atomic mass is 10.1. The van der Waals surface area contributed by atoms with E-state index in [0.29, 0.717) is 11.4 Å². The zero-order valence-electron chi connectivity index (χ0n) is 15.9. The van der Waals surface area contributed by atoms with Crippen LogP contribution >= 0.6 is 0 Å². The topological polar surface area (TPSA) is 69.7 Å². The summed E-state index contributed by atoms with van der Waals surface area (Å²) in [7, 11) is 0. The minimum Gasteiger partial charge on any atom is -0.326 e. The number of rotatable bonds is 5. The molecule has 2 aromatic carbocycles. The maximum Gasteiger partial charge on any atom is 0.332 e. The molecule has 0 spiro atoms. The number of amides is 4. The number of imide groups is 1. The Balaban J connectivity index is 1.57. The van der Waals surface area contributed by atoms with Crippen LogP contribution in [-0.4, -0.2) is 34.8 Å². The van der Waals surface area contributed by atoms with Crippen LogP contribution < -0.4 is 10.2 Å². The van der Waals surface area contributed by atoms with Crippen LogP contribution in [0.15, 0.2) is 54.6 Å². The van der Waals surface area contributed by atoms with Crippen molar-refractivity contribution in [3.63, 3.8) is 0 Å². The first kappa shape index (κ1) is 19.1. The molecule has 0 radical (unpaired) electrons. The molecule has 1 atom stereocenters. The van der Waals surface area contributed by atoms with Crippen LogP contribution in [0.1, 0.15) is 32.1 Å². The Morgan fingerprint density at radius 2 is 1.76 bits per heavy atom. The third-order valence-corrected chi connectivity index (χ3v) is 5.47. The summed E-state index contributed by atoms with van der Waals surface area (Å²) >= 11 is 0. The molecule has 1 heterocycles. The van der Waals surface area contributed by atoms with Crippen molar-refractivity contribution in [2.24, 2.45) is 0 Å². The molecule has 2 aromatic rings. The van der Waals surface area contributed by atoms with E-state index < -0.39 is 23.7 Å². The van der Waals surface area contributed by atoms with Crippen molar-refractivity contribution in [3.05, 3.63) is 60.4 Å². The average Bonchev–Trinajstić information content (AvgIpc) is 3.30. The fraction of sp³-hybridized carbons (Fsp3) is 0.318. The van der Waals surface area contributed by atoms with Gasteiger partial charge in [0.05, 0.1) is 12.1 Å². The summed E-state index contributed by atoms with van der Waals surface area (Å²) in [5.74, 6) is -1.29. The van der Waals surface area contributed by atoms with E-state index in [0.717, 1.165) is 25.7 Å². The molecule has 4 amide bonds. The maximum atomic E-state index is 13.4. The molecule has 6 nitrogen and oxygen atoms in total. The molecule has 0 unspecified atom stereocenters. The molecule has 150 valence electrons. The van der Waals surface area contributed by atoms with Crippen molar-refractivity contribution in [3.8, 4) is 0 Å². The molecule has 2 fully saturated rings. The first-order valence-corrected chi connectivity index (χ1v) is 9.81. The van der Waals surface area contributed by atoms with E-state index >= 15 is 0 Å². The number of nitrogens with zero attached hydrogens (tertiary/aromatic N) is 2. The zero-order chi connectivity index (χ0) is 20.4. The molecule has 4 rings (SSSR count). The fourth-order valence-corrected chi connectivity index (χ4v) is 4.16. The number of carbonyl (C=O) groups is 3. The number of para-hydroxylation sites is 1. The average molecular weight is 395 g/mol. The number of halogens is 1. The number of carbonyl (C=O) groups excluding carboxylic acids is 3. The van der Waals surface area contributed by atoms with Gasteiger partial charge in [0.1, 0.15) is 11.9 Å². The second-order valence-electron chi connectivity index (χ2n) is 7.42. The van der Waals surface area contributed by atoms with Crippen molar-refractivity contribution >= 4 is 29.2 Å². The van der Waals surface area contributed by atoms with Crippen LogP contribution in [0.3, 0.4) is 0 Å². The van der Waals surface area contributed by atoms with Crippen molar-refractivity contribution in [1.82, 2.24) is 4.90 Å². The lowest BCUT2D eigenvalue weighted by Crippen LogP contribution is -2.43. The summed E-state index contributed by atoms with van der Waals surface area (Å²) in [4.78, 5) is 41.6. The third-order valence-electron chi connectivity index (χ3n) is 5.47. The molecule has 7 heteroatoms. The second kappa shape index (κ2) is 8.03. The summed E-state index contributed by atoms with van der Waals surface area (Å²) in [5, 5.41) is 2.62. The summed E-state index contributed by atoms with van der Waals surface area (Å²) in [6.07, 6.45) is 3.47. The van der Waals surface area contributed by atoms with Gasteiger partial charge in [0.2, 0.25) is 5.91 Å². The highest BCUT2D eigenvalue weighted by Crippen LogP contribution is 2.34. The SMILES string of the molecule is O=C(C[C@H]1C(=O)N(c2ccccc2)C(=O)N1C1CCCC1)Nc1cccc(F)c1. The Morgan fingerprint density at radius 3 is 2.45 bits per heavy atom. The smallest absolute Gasteiger partial charge is 0.326 e. The van der Waals surface area contributed by atoms with E-state index in [-0.39, 0.29) is 18.5 Å². The number of urea groups is 1. The van der Waals surface area contributed by atoms with E-state index in [1.807, 2.05) is 6.07 Å². The van der Waals surface area contributed by atoms with E-state index in [1.54, 1.807) is 35.2 Å². The van der Waals surface area contributed by atoms with Crippen molar-refractivity contribution in [1.29, 1.82) is 0 Å². The summed E-state index contributed by atoms with van der Waals surface area (Å²) in [6, 6.07) is 13.0. The molecular weight excluding hydrogens is 373 g/mol. The van der Waals surface area contributed by atoms with Gasteiger partial charge in [0.25, 0.3) is 5.91 Å². The van der Waals surface area contributed by atoms with Gasteiger partial charge >= 0.3 is 6.03 Å². The van der Waals surface area contributed by atoms with Gasteiger partial charge in [-0.1, -0.05) is 37.1 Å². The summed E-state index contributed by atoms with van der Waals surface area (Å²) in [5.41, 5.74) is 0.817. The number of nitrogens with one attached hydrogen (secondary N) is 1. The summed E-state index contributed by atoms with van der Waals surface area (Å²) in [6.45, 7) is 0. The third kappa shape index (κ3) is 3.85. The largest absolute Gasteiger partial charge is 0.332 e. The van der Waals surface area contributed by atoms with Crippen LogP contribution in [0, 0.1) is 5.82 Å². The molecular formula is C22H22FN3O3. The van der Waals surface area contributed by atoms with E-state index in [9.17, 15) is 18.8 Å². The molecule has 0 aromatic heterocycles.